The first-order valence-corrected chi connectivity index (χ1v) is 10.9. The number of hydrogen-bond donors (Lipinski definition) is 2. The SMILES string of the molecule is COc1ccc(CC2COc3ccc(Oc4ccc5ccccc5n4)cc3C2O)cc1C(=O)O. The Morgan fingerprint density at radius 1 is 1.09 bits per heavy atom. The van der Waals surface area contributed by atoms with Crippen LogP contribution in [0.1, 0.15) is 27.6 Å². The Balaban J connectivity index is 1.36. The van der Waals surface area contributed by atoms with E-state index in [2.05, 4.69) is 4.98 Å². The second kappa shape index (κ2) is 9.03. The minimum absolute atomic E-state index is 0.0881. The molecule has 5 rings (SSSR count). The third kappa shape index (κ3) is 4.25. The molecule has 172 valence electrons. The van der Waals surface area contributed by atoms with Crippen LogP contribution in [-0.4, -0.2) is 34.9 Å². The molecule has 34 heavy (non-hydrogen) atoms. The first kappa shape index (κ1) is 21.7. The lowest BCUT2D eigenvalue weighted by atomic mass is 9.87. The van der Waals surface area contributed by atoms with Crippen molar-refractivity contribution in [3.05, 3.63) is 89.5 Å². The molecule has 7 nitrogen and oxygen atoms in total. The number of ether oxygens (including phenoxy) is 3. The van der Waals surface area contributed by atoms with Crippen molar-refractivity contribution in [1.29, 1.82) is 0 Å². The number of rotatable bonds is 6. The summed E-state index contributed by atoms with van der Waals surface area (Å²) >= 11 is 0. The molecule has 1 aliphatic rings. The van der Waals surface area contributed by atoms with Gasteiger partial charge in [-0.3, -0.25) is 0 Å². The van der Waals surface area contributed by atoms with E-state index < -0.39 is 12.1 Å². The number of methoxy groups -OCH3 is 1. The molecule has 2 heterocycles. The summed E-state index contributed by atoms with van der Waals surface area (Å²) in [6.45, 7) is 0.315. The molecule has 0 bridgehead atoms. The van der Waals surface area contributed by atoms with Crippen LogP contribution in [0.15, 0.2) is 72.8 Å². The summed E-state index contributed by atoms with van der Waals surface area (Å²) in [6, 6.07) is 21.9. The van der Waals surface area contributed by atoms with Crippen molar-refractivity contribution in [1.82, 2.24) is 4.98 Å². The van der Waals surface area contributed by atoms with Crippen molar-refractivity contribution in [2.45, 2.75) is 12.5 Å². The highest BCUT2D eigenvalue weighted by Crippen LogP contribution is 2.40. The molecule has 1 aromatic heterocycles. The monoisotopic (exact) mass is 457 g/mol. The fourth-order valence-electron chi connectivity index (χ4n) is 4.24. The van der Waals surface area contributed by atoms with Gasteiger partial charge in [0.25, 0.3) is 0 Å². The second-order valence-corrected chi connectivity index (χ2v) is 8.20. The maximum Gasteiger partial charge on any atom is 0.339 e. The van der Waals surface area contributed by atoms with Crippen LogP contribution in [0.4, 0.5) is 0 Å². The predicted molar refractivity (Wildman–Crippen MR) is 126 cm³/mol. The number of benzene rings is 3. The summed E-state index contributed by atoms with van der Waals surface area (Å²) in [5.74, 6) is 0.586. The normalized spacial score (nSPS) is 17.0. The molecule has 0 radical (unpaired) electrons. The van der Waals surface area contributed by atoms with Gasteiger partial charge in [-0.25, -0.2) is 9.78 Å². The van der Waals surface area contributed by atoms with Crippen LogP contribution in [0.2, 0.25) is 0 Å². The molecule has 0 fully saturated rings. The molecule has 0 amide bonds. The minimum Gasteiger partial charge on any atom is -0.496 e. The number of aliphatic hydroxyl groups excluding tert-OH is 1. The lowest BCUT2D eigenvalue weighted by Gasteiger charge is -2.30. The van der Waals surface area contributed by atoms with Crippen LogP contribution in [-0.2, 0) is 6.42 Å². The van der Waals surface area contributed by atoms with E-state index in [-0.39, 0.29) is 11.5 Å². The van der Waals surface area contributed by atoms with Gasteiger partial charge in [-0.2, -0.15) is 0 Å². The Hall–Kier alpha value is -4.10. The van der Waals surface area contributed by atoms with Gasteiger partial charge in [-0.15, -0.1) is 0 Å². The summed E-state index contributed by atoms with van der Waals surface area (Å²) in [6.07, 6.45) is -0.352. The Labute approximate surface area is 196 Å². The van der Waals surface area contributed by atoms with Crippen LogP contribution in [0.5, 0.6) is 23.1 Å². The zero-order valence-corrected chi connectivity index (χ0v) is 18.5. The van der Waals surface area contributed by atoms with E-state index in [4.69, 9.17) is 14.2 Å². The van der Waals surface area contributed by atoms with Crippen LogP contribution >= 0.6 is 0 Å². The van der Waals surface area contributed by atoms with Crippen molar-refractivity contribution in [3.8, 4) is 23.1 Å². The largest absolute Gasteiger partial charge is 0.496 e. The molecule has 3 aromatic carbocycles. The topological polar surface area (TPSA) is 98.1 Å². The number of carbonyl (C=O) groups is 1. The van der Waals surface area contributed by atoms with Gasteiger partial charge in [0.15, 0.2) is 0 Å². The third-order valence-corrected chi connectivity index (χ3v) is 5.99. The number of hydrogen-bond acceptors (Lipinski definition) is 6. The first-order valence-electron chi connectivity index (χ1n) is 10.9. The van der Waals surface area contributed by atoms with Gasteiger partial charge < -0.3 is 24.4 Å². The number of aromatic nitrogens is 1. The smallest absolute Gasteiger partial charge is 0.339 e. The summed E-state index contributed by atoms with van der Waals surface area (Å²) in [4.78, 5) is 16.1. The zero-order valence-electron chi connectivity index (χ0n) is 18.5. The van der Waals surface area contributed by atoms with Crippen molar-refractivity contribution >= 4 is 16.9 Å². The van der Waals surface area contributed by atoms with Crippen molar-refractivity contribution < 1.29 is 29.2 Å². The molecule has 2 unspecified atom stereocenters. The molecule has 2 N–H and O–H groups in total. The Morgan fingerprint density at radius 3 is 2.76 bits per heavy atom. The molecule has 2 atom stereocenters. The lowest BCUT2D eigenvalue weighted by Crippen LogP contribution is -2.27. The molecule has 0 aliphatic carbocycles. The Kier molecular flexibility index (Phi) is 5.77. The van der Waals surface area contributed by atoms with Gasteiger partial charge in [0.05, 0.1) is 25.3 Å². The highest BCUT2D eigenvalue weighted by Gasteiger charge is 2.30. The number of aliphatic hydroxyl groups is 1. The van der Waals surface area contributed by atoms with Gasteiger partial charge in [0.1, 0.15) is 22.8 Å². The molecule has 7 heteroatoms. The quantitative estimate of drug-likeness (QED) is 0.420. The minimum atomic E-state index is -1.06. The number of nitrogens with zero attached hydrogens (tertiary/aromatic N) is 1. The molecular formula is C27H23NO6. The van der Waals surface area contributed by atoms with Crippen molar-refractivity contribution in [2.75, 3.05) is 13.7 Å². The van der Waals surface area contributed by atoms with Crippen LogP contribution in [0.25, 0.3) is 10.9 Å². The first-order chi connectivity index (χ1) is 16.5. The molecule has 1 aliphatic heterocycles. The number of para-hydroxylation sites is 1. The zero-order chi connectivity index (χ0) is 23.7. The van der Waals surface area contributed by atoms with Gasteiger partial charge in [-0.05, 0) is 54.4 Å². The molecule has 0 spiro atoms. The lowest BCUT2D eigenvalue weighted by molar-refractivity contribution is 0.0506. The van der Waals surface area contributed by atoms with Crippen LogP contribution in [0.3, 0.4) is 0 Å². The fraction of sp³-hybridized carbons (Fsp3) is 0.185. The number of pyridine rings is 1. The second-order valence-electron chi connectivity index (χ2n) is 8.20. The van der Waals surface area contributed by atoms with Crippen molar-refractivity contribution in [2.24, 2.45) is 5.92 Å². The number of aromatic carboxylic acids is 1. The Bertz CT molecular complexity index is 1370. The van der Waals surface area contributed by atoms with Gasteiger partial charge in [0, 0.05) is 22.9 Å². The molecule has 4 aromatic rings. The van der Waals surface area contributed by atoms with Crippen molar-refractivity contribution in [3.63, 3.8) is 0 Å². The van der Waals surface area contributed by atoms with Gasteiger partial charge in [-0.1, -0.05) is 24.3 Å². The summed E-state index contributed by atoms with van der Waals surface area (Å²) in [7, 11) is 1.43. The number of carboxylic acids is 1. The molecule has 0 saturated heterocycles. The number of fused-ring (bicyclic) bond motifs is 2. The summed E-state index contributed by atoms with van der Waals surface area (Å²) in [5.41, 5.74) is 2.33. The van der Waals surface area contributed by atoms with E-state index in [9.17, 15) is 15.0 Å². The van der Waals surface area contributed by atoms with E-state index in [0.29, 0.717) is 41.7 Å². The van der Waals surface area contributed by atoms with Crippen LogP contribution < -0.4 is 14.2 Å². The third-order valence-electron chi connectivity index (χ3n) is 5.99. The predicted octanol–water partition coefficient (Wildman–Crippen LogP) is 5.02. The maximum absolute atomic E-state index is 11.5. The van der Waals surface area contributed by atoms with Crippen LogP contribution in [0, 0.1) is 5.92 Å². The average molecular weight is 457 g/mol. The Morgan fingerprint density at radius 2 is 1.94 bits per heavy atom. The fourth-order valence-corrected chi connectivity index (χ4v) is 4.24. The highest BCUT2D eigenvalue weighted by atomic mass is 16.5. The molecular weight excluding hydrogens is 434 g/mol. The molecule has 0 saturated carbocycles. The maximum atomic E-state index is 11.5. The summed E-state index contributed by atoms with van der Waals surface area (Å²) in [5, 5.41) is 21.6. The average Bonchev–Trinajstić information content (AvgIpc) is 2.86. The van der Waals surface area contributed by atoms with Gasteiger partial charge >= 0.3 is 5.97 Å². The van der Waals surface area contributed by atoms with E-state index in [1.54, 1.807) is 42.5 Å². The highest BCUT2D eigenvalue weighted by molar-refractivity contribution is 5.91. The summed E-state index contributed by atoms with van der Waals surface area (Å²) < 4.78 is 17.0. The van der Waals surface area contributed by atoms with E-state index >= 15 is 0 Å². The van der Waals surface area contributed by atoms with E-state index in [0.717, 1.165) is 16.5 Å². The van der Waals surface area contributed by atoms with E-state index in [1.807, 2.05) is 30.3 Å². The number of carboxylic acid groups (broad SMARTS) is 1. The standard InChI is InChI=1S/C27H23NO6/c1-32-23-9-6-16(13-21(23)27(30)31)12-18-15-33-24-10-8-19(14-20(24)26(18)29)34-25-11-7-17-4-2-3-5-22(17)28-25/h2-11,13-14,18,26,29H,12,15H2,1H3,(H,30,31). The van der Waals surface area contributed by atoms with Gasteiger partial charge in [0.2, 0.25) is 5.88 Å². The van der Waals surface area contributed by atoms with E-state index in [1.165, 1.54) is 7.11 Å².